The predicted octanol–water partition coefficient (Wildman–Crippen LogP) is 3.54. The molecule has 1 aliphatic heterocycles. The predicted molar refractivity (Wildman–Crippen MR) is 82.3 cm³/mol. The van der Waals surface area contributed by atoms with Crippen molar-refractivity contribution in [3.63, 3.8) is 0 Å². The number of nitrogens with zero attached hydrogens (tertiary/aromatic N) is 2. The largest absolute Gasteiger partial charge is 0.478 e. The van der Waals surface area contributed by atoms with E-state index in [1.807, 2.05) is 37.0 Å². The maximum Gasteiger partial charge on any atom is 0.334 e. The summed E-state index contributed by atoms with van der Waals surface area (Å²) < 4.78 is 5.11. The third-order valence-corrected chi connectivity index (χ3v) is 3.83. The molecule has 3 heterocycles. The highest BCUT2D eigenvalue weighted by atomic mass is 16.4. The van der Waals surface area contributed by atoms with Crippen molar-refractivity contribution in [3.8, 4) is 0 Å². The van der Waals surface area contributed by atoms with E-state index < -0.39 is 5.97 Å². The fourth-order valence-electron chi connectivity index (χ4n) is 2.90. The average Bonchev–Trinajstić information content (AvgIpc) is 3.01. The lowest BCUT2D eigenvalue weighted by Crippen LogP contribution is -2.29. The minimum atomic E-state index is -0.929. The second kappa shape index (κ2) is 5.52. The van der Waals surface area contributed by atoms with Crippen LogP contribution in [-0.4, -0.2) is 16.1 Å². The standard InChI is InChI=1S/C17H16N2O3/c1-11-8-15(13-5-7-22-10-13)16(17(20)21)12(2)19(11)14-4-3-6-18-9-14/h3-10,15H,1-2H3,(H,20,21). The Morgan fingerprint density at radius 3 is 2.77 bits per heavy atom. The van der Waals surface area contributed by atoms with Crippen molar-refractivity contribution in [2.75, 3.05) is 4.90 Å². The number of carboxylic acid groups (broad SMARTS) is 1. The Hall–Kier alpha value is -2.82. The number of aromatic nitrogens is 1. The molecule has 0 fully saturated rings. The summed E-state index contributed by atoms with van der Waals surface area (Å²) in [6, 6.07) is 5.54. The van der Waals surface area contributed by atoms with E-state index in [2.05, 4.69) is 4.98 Å². The Labute approximate surface area is 128 Å². The van der Waals surface area contributed by atoms with Crippen LogP contribution in [0, 0.1) is 0 Å². The molecule has 0 amide bonds. The molecule has 0 radical (unpaired) electrons. The van der Waals surface area contributed by atoms with Crippen LogP contribution in [0.3, 0.4) is 0 Å². The molecule has 0 aliphatic carbocycles. The third kappa shape index (κ3) is 2.30. The quantitative estimate of drug-likeness (QED) is 0.938. The first-order valence-corrected chi connectivity index (χ1v) is 6.94. The Bertz CT molecular complexity index is 745. The zero-order valence-electron chi connectivity index (χ0n) is 12.4. The molecular weight excluding hydrogens is 280 g/mol. The first kappa shape index (κ1) is 14.1. The normalized spacial score (nSPS) is 18.4. The van der Waals surface area contributed by atoms with Gasteiger partial charge >= 0.3 is 5.97 Å². The monoisotopic (exact) mass is 296 g/mol. The molecule has 112 valence electrons. The minimum Gasteiger partial charge on any atom is -0.478 e. The molecule has 0 saturated carbocycles. The van der Waals surface area contributed by atoms with E-state index in [4.69, 9.17) is 4.42 Å². The lowest BCUT2D eigenvalue weighted by atomic mass is 9.87. The molecule has 0 bridgehead atoms. The van der Waals surface area contributed by atoms with Crippen LogP contribution in [0.5, 0.6) is 0 Å². The van der Waals surface area contributed by atoms with Crippen LogP contribution >= 0.6 is 0 Å². The van der Waals surface area contributed by atoms with Crippen LogP contribution in [0.25, 0.3) is 0 Å². The fourth-order valence-corrected chi connectivity index (χ4v) is 2.90. The maximum absolute atomic E-state index is 11.8. The Kier molecular flexibility index (Phi) is 3.55. The molecule has 1 N–H and O–H groups in total. The molecule has 1 atom stereocenters. The molecular formula is C17H16N2O3. The second-order valence-electron chi connectivity index (χ2n) is 5.19. The average molecular weight is 296 g/mol. The molecule has 2 aromatic heterocycles. The lowest BCUT2D eigenvalue weighted by Gasteiger charge is -2.33. The number of rotatable bonds is 3. The molecule has 0 saturated heterocycles. The summed E-state index contributed by atoms with van der Waals surface area (Å²) in [5.74, 6) is -1.24. The van der Waals surface area contributed by atoms with Gasteiger partial charge in [0.2, 0.25) is 0 Å². The summed E-state index contributed by atoms with van der Waals surface area (Å²) in [6.45, 7) is 3.78. The number of hydrogen-bond donors (Lipinski definition) is 1. The van der Waals surface area contributed by atoms with Crippen LogP contribution in [0.1, 0.15) is 25.3 Å². The van der Waals surface area contributed by atoms with Crippen molar-refractivity contribution in [1.29, 1.82) is 0 Å². The summed E-state index contributed by atoms with van der Waals surface area (Å²) >= 11 is 0. The van der Waals surface area contributed by atoms with Crippen molar-refractivity contribution in [2.45, 2.75) is 19.8 Å². The van der Waals surface area contributed by atoms with Gasteiger partial charge < -0.3 is 14.4 Å². The van der Waals surface area contributed by atoms with Crippen LogP contribution in [0.4, 0.5) is 5.69 Å². The van der Waals surface area contributed by atoms with E-state index in [1.54, 1.807) is 31.0 Å². The van der Waals surface area contributed by atoms with Crippen LogP contribution in [-0.2, 0) is 4.79 Å². The van der Waals surface area contributed by atoms with E-state index in [0.29, 0.717) is 11.3 Å². The summed E-state index contributed by atoms with van der Waals surface area (Å²) in [6.07, 6.45) is 8.50. The highest BCUT2D eigenvalue weighted by molar-refractivity contribution is 5.92. The Balaban J connectivity index is 2.13. The van der Waals surface area contributed by atoms with Gasteiger partial charge in [0.25, 0.3) is 0 Å². The highest BCUT2D eigenvalue weighted by Gasteiger charge is 2.31. The summed E-state index contributed by atoms with van der Waals surface area (Å²) in [7, 11) is 0. The van der Waals surface area contributed by atoms with Gasteiger partial charge in [-0.25, -0.2) is 4.79 Å². The number of hydrogen-bond acceptors (Lipinski definition) is 4. The van der Waals surface area contributed by atoms with Gasteiger partial charge in [-0.3, -0.25) is 4.98 Å². The van der Waals surface area contributed by atoms with Gasteiger partial charge in [-0.1, -0.05) is 6.08 Å². The van der Waals surface area contributed by atoms with Crippen molar-refractivity contribution < 1.29 is 14.3 Å². The number of allylic oxidation sites excluding steroid dienone is 3. The molecule has 5 heteroatoms. The van der Waals surface area contributed by atoms with Crippen molar-refractivity contribution in [3.05, 3.63) is 71.7 Å². The fraction of sp³-hybridized carbons (Fsp3) is 0.176. The zero-order valence-corrected chi connectivity index (χ0v) is 12.4. The first-order chi connectivity index (χ1) is 10.6. The van der Waals surface area contributed by atoms with Gasteiger partial charge in [0.1, 0.15) is 0 Å². The third-order valence-electron chi connectivity index (χ3n) is 3.83. The van der Waals surface area contributed by atoms with E-state index >= 15 is 0 Å². The number of pyridine rings is 1. The van der Waals surface area contributed by atoms with E-state index in [1.165, 1.54) is 0 Å². The Morgan fingerprint density at radius 2 is 2.18 bits per heavy atom. The van der Waals surface area contributed by atoms with Gasteiger partial charge in [-0.2, -0.15) is 0 Å². The SMILES string of the molecule is CC1=CC(c2ccoc2)C(C(=O)O)=C(C)N1c1cccnc1. The summed E-state index contributed by atoms with van der Waals surface area (Å²) in [4.78, 5) is 17.8. The second-order valence-corrected chi connectivity index (χ2v) is 5.19. The molecule has 1 unspecified atom stereocenters. The van der Waals surface area contributed by atoms with Crippen molar-refractivity contribution >= 4 is 11.7 Å². The molecule has 22 heavy (non-hydrogen) atoms. The first-order valence-electron chi connectivity index (χ1n) is 6.94. The summed E-state index contributed by atoms with van der Waals surface area (Å²) in [5.41, 5.74) is 3.67. The van der Waals surface area contributed by atoms with Crippen LogP contribution in [0.2, 0.25) is 0 Å². The van der Waals surface area contributed by atoms with Gasteiger partial charge in [0, 0.05) is 29.1 Å². The van der Waals surface area contributed by atoms with Gasteiger partial charge in [0.15, 0.2) is 0 Å². The number of carbonyl (C=O) groups is 1. The van der Waals surface area contributed by atoms with Crippen molar-refractivity contribution in [1.82, 2.24) is 4.98 Å². The van der Waals surface area contributed by atoms with E-state index in [0.717, 1.165) is 16.9 Å². The number of carboxylic acids is 1. The smallest absolute Gasteiger partial charge is 0.334 e. The molecule has 1 aliphatic rings. The summed E-state index contributed by atoms with van der Waals surface area (Å²) in [5, 5.41) is 9.67. The van der Waals surface area contributed by atoms with Gasteiger partial charge in [-0.15, -0.1) is 0 Å². The van der Waals surface area contributed by atoms with Crippen LogP contribution in [0.15, 0.2) is 70.6 Å². The molecule has 2 aromatic rings. The number of furan rings is 1. The maximum atomic E-state index is 11.8. The lowest BCUT2D eigenvalue weighted by molar-refractivity contribution is -0.132. The molecule has 0 aromatic carbocycles. The van der Waals surface area contributed by atoms with Crippen molar-refractivity contribution in [2.24, 2.45) is 0 Å². The Morgan fingerprint density at radius 1 is 1.36 bits per heavy atom. The van der Waals surface area contributed by atoms with Gasteiger partial charge in [-0.05, 0) is 32.0 Å². The zero-order chi connectivity index (χ0) is 15.7. The molecule has 0 spiro atoms. The van der Waals surface area contributed by atoms with E-state index in [9.17, 15) is 9.90 Å². The highest BCUT2D eigenvalue weighted by Crippen LogP contribution is 2.38. The van der Waals surface area contributed by atoms with Crippen LogP contribution < -0.4 is 4.90 Å². The topological polar surface area (TPSA) is 66.6 Å². The van der Waals surface area contributed by atoms with Gasteiger partial charge in [0.05, 0.1) is 30.0 Å². The van der Waals surface area contributed by atoms with E-state index in [-0.39, 0.29) is 5.92 Å². The molecule has 5 nitrogen and oxygen atoms in total. The molecule has 3 rings (SSSR count). The minimum absolute atomic E-state index is 0.316. The number of anilines is 1. The number of aliphatic carboxylic acids is 1.